The zero-order valence-electron chi connectivity index (χ0n) is 27.8. The van der Waals surface area contributed by atoms with E-state index >= 15 is 0 Å². The molecule has 0 atom stereocenters. The summed E-state index contributed by atoms with van der Waals surface area (Å²) in [6, 6.07) is 3.26. The molecule has 2 amide bonds. The highest BCUT2D eigenvalue weighted by atomic mass is 16.6. The first-order valence-corrected chi connectivity index (χ1v) is 15.6. The predicted octanol–water partition coefficient (Wildman–Crippen LogP) is 6.59. The Morgan fingerprint density at radius 2 is 1.23 bits per heavy atom. The van der Waals surface area contributed by atoms with Gasteiger partial charge in [0, 0.05) is 52.1 Å². The lowest BCUT2D eigenvalue weighted by molar-refractivity contribution is -0.386. The highest BCUT2D eigenvalue weighted by Crippen LogP contribution is 2.27. The number of pyridine rings is 2. The monoisotopic (exact) mass is 663 g/mol. The smallest absolute Gasteiger partial charge is 0.410 e. The van der Waals surface area contributed by atoms with Gasteiger partial charge in [0.2, 0.25) is 0 Å². The van der Waals surface area contributed by atoms with Crippen LogP contribution in [0.3, 0.4) is 0 Å². The van der Waals surface area contributed by atoms with E-state index in [4.69, 9.17) is 24.7 Å². The number of carbonyl (C=O) groups excluding carboxylic acids is 2. The van der Waals surface area contributed by atoms with Crippen molar-refractivity contribution in [3.8, 4) is 11.5 Å². The molecule has 2 saturated heterocycles. The molecule has 0 aromatic carbocycles. The molecule has 2 fully saturated rings. The van der Waals surface area contributed by atoms with Crippen molar-refractivity contribution in [3.05, 3.63) is 47.0 Å². The van der Waals surface area contributed by atoms with E-state index < -0.39 is 16.1 Å². The molecule has 47 heavy (non-hydrogen) atoms. The van der Waals surface area contributed by atoms with Gasteiger partial charge in [0.05, 0.1) is 30.0 Å². The molecule has 0 spiro atoms. The van der Waals surface area contributed by atoms with E-state index in [1.54, 1.807) is 28.3 Å². The van der Waals surface area contributed by atoms with Gasteiger partial charge in [-0.25, -0.2) is 9.59 Å². The van der Waals surface area contributed by atoms with Crippen molar-refractivity contribution < 1.29 is 34.9 Å². The molecule has 2 aliphatic rings. The molecule has 2 aliphatic heterocycles. The molecular weight excluding hydrogens is 608 g/mol. The summed E-state index contributed by atoms with van der Waals surface area (Å²) in [5.74, 6) is 1.57. The van der Waals surface area contributed by atoms with Crippen LogP contribution in [-0.4, -0.2) is 87.5 Å². The van der Waals surface area contributed by atoms with Crippen LogP contribution in [0.2, 0.25) is 0 Å². The molecule has 264 valence electrons. The van der Waals surface area contributed by atoms with Crippen LogP contribution in [0.1, 0.15) is 76.1 Å². The number of nitrogens with two attached hydrogens (primary N) is 1. The molecular formula is C33H54N6O8. The summed E-state index contributed by atoms with van der Waals surface area (Å²) >= 11 is 0. The van der Waals surface area contributed by atoms with Gasteiger partial charge >= 0.3 is 17.9 Å². The number of likely N-dealkylation sites (tertiary alicyclic amines) is 2. The number of anilines is 1. The Bertz CT molecular complexity index is 1300. The van der Waals surface area contributed by atoms with Crippen LogP contribution in [0.4, 0.5) is 21.0 Å². The van der Waals surface area contributed by atoms with Crippen LogP contribution in [0.25, 0.3) is 0 Å². The van der Waals surface area contributed by atoms with Crippen LogP contribution in [0.5, 0.6) is 11.5 Å². The fourth-order valence-electron chi connectivity index (χ4n) is 4.79. The van der Waals surface area contributed by atoms with Gasteiger partial charge in [0.25, 0.3) is 0 Å². The lowest BCUT2D eigenvalue weighted by Gasteiger charge is -2.33. The van der Waals surface area contributed by atoms with Crippen LogP contribution < -0.4 is 15.2 Å². The van der Waals surface area contributed by atoms with Crippen molar-refractivity contribution in [3.63, 3.8) is 0 Å². The quantitative estimate of drug-likeness (QED) is 0.250. The summed E-state index contributed by atoms with van der Waals surface area (Å²) in [5.41, 5.74) is 5.26. The third-order valence-corrected chi connectivity index (χ3v) is 7.25. The number of carbonyl (C=O) groups is 2. The van der Waals surface area contributed by atoms with E-state index in [0.717, 1.165) is 25.7 Å². The van der Waals surface area contributed by atoms with E-state index in [1.165, 1.54) is 18.5 Å². The lowest BCUT2D eigenvalue weighted by atomic mass is 9.98. The SMILES string of the molecule is C.CC(C)(C)OC(=O)N1CCC(COc2ccncc2N)CC1.CC(C)(C)OC(=O)N1CCC(COc2ccncc2[N+](=O)[O-])CC1.[2HH]. The number of piperidine rings is 2. The molecule has 0 aliphatic carbocycles. The average Bonchev–Trinajstić information content (AvgIpc) is 2.99. The molecule has 0 radical (unpaired) electrons. The maximum Gasteiger partial charge on any atom is 0.410 e. The minimum atomic E-state index is -0.507. The summed E-state index contributed by atoms with van der Waals surface area (Å²) < 4.78 is 22.1. The second-order valence-electron chi connectivity index (χ2n) is 13.5. The first-order valence-electron chi connectivity index (χ1n) is 15.6. The molecule has 2 aromatic heterocycles. The normalized spacial score (nSPS) is 15.8. The van der Waals surface area contributed by atoms with Gasteiger partial charge < -0.3 is 34.5 Å². The van der Waals surface area contributed by atoms with E-state index in [9.17, 15) is 19.7 Å². The number of rotatable bonds is 7. The molecule has 0 saturated carbocycles. The van der Waals surface area contributed by atoms with Crippen molar-refractivity contribution >= 4 is 23.6 Å². The average molecular weight is 664 g/mol. The van der Waals surface area contributed by atoms with Crippen LogP contribution in [0.15, 0.2) is 36.9 Å². The van der Waals surface area contributed by atoms with E-state index in [0.29, 0.717) is 56.7 Å². The van der Waals surface area contributed by atoms with Crippen molar-refractivity contribution in [2.75, 3.05) is 45.1 Å². The summed E-state index contributed by atoms with van der Waals surface area (Å²) in [5, 5.41) is 10.9. The van der Waals surface area contributed by atoms with Crippen molar-refractivity contribution in [2.24, 2.45) is 11.8 Å². The van der Waals surface area contributed by atoms with Crippen molar-refractivity contribution in [2.45, 2.75) is 85.9 Å². The van der Waals surface area contributed by atoms with Crippen molar-refractivity contribution in [1.29, 1.82) is 0 Å². The van der Waals surface area contributed by atoms with Crippen LogP contribution in [0, 0.1) is 22.0 Å². The zero-order valence-corrected chi connectivity index (χ0v) is 27.8. The van der Waals surface area contributed by atoms with Gasteiger partial charge in [0.1, 0.15) is 23.1 Å². The van der Waals surface area contributed by atoms with Gasteiger partial charge in [-0.05, 0) is 79.1 Å². The zero-order chi connectivity index (χ0) is 33.9. The Labute approximate surface area is 279 Å². The number of ether oxygens (including phenoxy) is 4. The summed E-state index contributed by atoms with van der Waals surface area (Å²) in [6.45, 7) is 14.8. The third kappa shape index (κ3) is 13.5. The van der Waals surface area contributed by atoms with E-state index in [-0.39, 0.29) is 38.4 Å². The molecule has 14 nitrogen and oxygen atoms in total. The second kappa shape index (κ2) is 17.5. The van der Waals surface area contributed by atoms with Gasteiger partial charge in [-0.1, -0.05) is 7.43 Å². The number of nitro groups is 1. The Morgan fingerprint density at radius 3 is 1.64 bits per heavy atom. The van der Waals surface area contributed by atoms with Gasteiger partial charge in [-0.15, -0.1) is 0 Å². The molecule has 0 bridgehead atoms. The first-order chi connectivity index (χ1) is 21.6. The maximum atomic E-state index is 12.0. The lowest BCUT2D eigenvalue weighted by Crippen LogP contribution is -2.42. The molecule has 4 heterocycles. The number of nitrogens with zero attached hydrogens (tertiary/aromatic N) is 5. The molecule has 2 N–H and O–H groups in total. The largest absolute Gasteiger partial charge is 0.491 e. The predicted molar refractivity (Wildman–Crippen MR) is 180 cm³/mol. The fourth-order valence-corrected chi connectivity index (χ4v) is 4.79. The van der Waals surface area contributed by atoms with Crippen LogP contribution in [-0.2, 0) is 9.47 Å². The van der Waals surface area contributed by atoms with Gasteiger partial charge in [-0.3, -0.25) is 20.1 Å². The molecule has 4 rings (SSSR count). The van der Waals surface area contributed by atoms with Crippen molar-refractivity contribution in [1.82, 2.24) is 19.8 Å². The van der Waals surface area contributed by atoms with E-state index in [2.05, 4.69) is 9.97 Å². The van der Waals surface area contributed by atoms with Crippen LogP contribution >= 0.6 is 0 Å². The number of amides is 2. The topological polar surface area (TPSA) is 172 Å². The second-order valence-corrected chi connectivity index (χ2v) is 13.5. The minimum absolute atomic E-state index is 0. The number of nitrogen functional groups attached to an aromatic ring is 1. The third-order valence-electron chi connectivity index (χ3n) is 7.25. The highest BCUT2D eigenvalue weighted by molar-refractivity contribution is 5.68. The number of hydrogen-bond acceptors (Lipinski definition) is 11. The van der Waals surface area contributed by atoms with Gasteiger partial charge in [0.15, 0.2) is 5.75 Å². The summed E-state index contributed by atoms with van der Waals surface area (Å²) in [4.78, 5) is 45.6. The standard InChI is InChI=1S/C16H23N3O5.C16H25N3O3.CH4.H2/c1-16(2,3)24-15(20)18-8-5-12(6-9-18)11-23-14-4-7-17-10-13(14)19(21)22;1-16(2,3)22-15(20)19-8-5-12(6-9-19)11-21-14-4-7-18-10-13(14)17;;/h4,7,10,12H,5-6,8-9,11H2,1-3H3;4,7,10,12H,5-6,8-9,11,17H2,1-3H3;1H4;1H/i;;;1+1. The summed E-state index contributed by atoms with van der Waals surface area (Å²) in [7, 11) is 0. The maximum absolute atomic E-state index is 12.0. The highest BCUT2D eigenvalue weighted by Gasteiger charge is 2.29. The van der Waals surface area contributed by atoms with E-state index in [1.807, 2.05) is 41.5 Å². The fraction of sp³-hybridized carbons (Fsp3) is 0.636. The summed E-state index contributed by atoms with van der Waals surface area (Å²) in [6.07, 6.45) is 8.73. The number of aromatic nitrogens is 2. The Hall–Kier alpha value is -4.36. The molecule has 14 heteroatoms. The molecule has 0 unspecified atom stereocenters. The van der Waals surface area contributed by atoms with Gasteiger partial charge in [-0.2, -0.15) is 0 Å². The molecule has 2 aromatic rings. The minimum Gasteiger partial charge on any atom is -0.491 e. The Morgan fingerprint density at radius 1 is 0.830 bits per heavy atom. The Balaban J connectivity index is 0.000000462. The number of hydrogen-bond donors (Lipinski definition) is 1. The Kier molecular flexibility index (Phi) is 14.5. The first kappa shape index (κ1) is 38.8.